The van der Waals surface area contributed by atoms with E-state index in [4.69, 9.17) is 15.0 Å². The Morgan fingerprint density at radius 3 is 1.34 bits per heavy atom. The quantitative estimate of drug-likeness (QED) is 0.157. The molecule has 0 spiro atoms. The van der Waals surface area contributed by atoms with Crippen molar-refractivity contribution < 1.29 is 26.3 Å². The largest absolute Gasteiger partial charge is 0.416 e. The lowest BCUT2D eigenvalue weighted by Gasteiger charge is -2.17. The van der Waals surface area contributed by atoms with E-state index in [0.29, 0.717) is 22.9 Å². The van der Waals surface area contributed by atoms with E-state index in [1.165, 1.54) is 12.1 Å². The van der Waals surface area contributed by atoms with Gasteiger partial charge >= 0.3 is 12.4 Å². The Bertz CT molecular complexity index is 3450. The molecule has 0 amide bonds. The molecule has 0 aliphatic carbocycles. The minimum atomic E-state index is -4.74. The second kappa shape index (κ2) is 14.8. The lowest BCUT2D eigenvalue weighted by Crippen LogP contribution is -2.05. The van der Waals surface area contributed by atoms with E-state index in [2.05, 4.69) is 41.0 Å². The zero-order valence-electron chi connectivity index (χ0n) is 33.4. The highest BCUT2D eigenvalue weighted by molar-refractivity contribution is 6.12. The van der Waals surface area contributed by atoms with Crippen LogP contribution in [0.4, 0.5) is 26.3 Å². The molecular weight excluding hydrogens is 821 g/mol. The van der Waals surface area contributed by atoms with Gasteiger partial charge in [0.15, 0.2) is 17.5 Å². The van der Waals surface area contributed by atoms with Gasteiger partial charge in [-0.3, -0.25) is 0 Å². The van der Waals surface area contributed by atoms with Crippen molar-refractivity contribution in [3.8, 4) is 56.7 Å². The second-order valence-corrected chi connectivity index (χ2v) is 15.5. The first-order chi connectivity index (χ1) is 31.0. The molecule has 310 valence electrons. The van der Waals surface area contributed by atoms with E-state index >= 15 is 0 Å². The summed E-state index contributed by atoms with van der Waals surface area (Å²) in [5.41, 5.74) is 5.64. The van der Waals surface area contributed by atoms with Crippen molar-refractivity contribution in [2.45, 2.75) is 12.4 Å². The summed E-state index contributed by atoms with van der Waals surface area (Å²) in [6, 6.07) is 55.3. The summed E-state index contributed by atoms with van der Waals surface area (Å²) in [4.78, 5) is 15.0. The van der Waals surface area contributed by atoms with E-state index in [0.717, 1.165) is 74.0 Å². The van der Waals surface area contributed by atoms with Crippen molar-refractivity contribution in [1.29, 1.82) is 0 Å². The molecule has 11 aromatic rings. The van der Waals surface area contributed by atoms with Gasteiger partial charge in [0.25, 0.3) is 0 Å². The lowest BCUT2D eigenvalue weighted by molar-refractivity contribution is -0.138. The number of nitrogens with zero attached hydrogens (tertiary/aromatic N) is 5. The third kappa shape index (κ3) is 6.64. The number of halogens is 6. The molecule has 0 aliphatic rings. The Hall–Kier alpha value is -8.05. The number of hydrogen-bond donors (Lipinski definition) is 0. The molecular formula is C53H31F6N5. The average molecular weight is 852 g/mol. The SMILES string of the molecule is FC(F)(F)c1ccc2c(c1)c1cc(C(F)(F)F)ccc1n2-c1ccc(-c2ccc3c(c2)c2ccccc2n3-c2ccccc2)cc1-c1nc(-c2ccccc2)nc(-c2ccccc2)n1. The van der Waals surface area contributed by atoms with Crippen LogP contribution in [0.25, 0.3) is 100 Å². The van der Waals surface area contributed by atoms with Crippen molar-refractivity contribution in [3.05, 3.63) is 199 Å². The molecule has 11 rings (SSSR count). The van der Waals surface area contributed by atoms with Crippen molar-refractivity contribution >= 4 is 43.6 Å². The molecule has 0 radical (unpaired) electrons. The summed E-state index contributed by atoms with van der Waals surface area (Å²) in [7, 11) is 0. The number of para-hydroxylation sites is 2. The fourth-order valence-electron chi connectivity index (χ4n) is 8.66. The van der Waals surface area contributed by atoms with Crippen LogP contribution in [0, 0.1) is 0 Å². The van der Waals surface area contributed by atoms with E-state index in [9.17, 15) is 26.3 Å². The minimum Gasteiger partial charge on any atom is -0.309 e. The van der Waals surface area contributed by atoms with Gasteiger partial charge in [0.05, 0.1) is 38.9 Å². The fraction of sp³-hybridized carbons (Fsp3) is 0.0377. The first-order valence-electron chi connectivity index (χ1n) is 20.3. The molecule has 0 bridgehead atoms. The van der Waals surface area contributed by atoms with Gasteiger partial charge in [-0.1, -0.05) is 109 Å². The molecule has 0 unspecified atom stereocenters. The number of alkyl halides is 6. The number of benzene rings is 8. The molecule has 0 saturated heterocycles. The van der Waals surface area contributed by atoms with Gasteiger partial charge in [-0.15, -0.1) is 0 Å². The lowest BCUT2D eigenvalue weighted by atomic mass is 9.99. The zero-order chi connectivity index (χ0) is 43.7. The number of hydrogen-bond acceptors (Lipinski definition) is 3. The molecule has 3 heterocycles. The summed E-state index contributed by atoms with van der Waals surface area (Å²) < 4.78 is 89.2. The molecule has 8 aromatic carbocycles. The highest BCUT2D eigenvalue weighted by Crippen LogP contribution is 2.43. The van der Waals surface area contributed by atoms with Crippen molar-refractivity contribution in [3.63, 3.8) is 0 Å². The molecule has 0 aliphatic heterocycles. The first-order valence-corrected chi connectivity index (χ1v) is 20.3. The predicted octanol–water partition coefficient (Wildman–Crippen LogP) is 14.8. The summed E-state index contributed by atoms with van der Waals surface area (Å²) in [6.07, 6.45) is -9.48. The molecule has 0 fully saturated rings. The van der Waals surface area contributed by atoms with Crippen LogP contribution < -0.4 is 0 Å². The number of rotatable bonds is 6. The molecule has 0 N–H and O–H groups in total. The number of aromatic nitrogens is 5. The maximum absolute atomic E-state index is 14.2. The molecule has 0 saturated carbocycles. The van der Waals surface area contributed by atoms with Crippen molar-refractivity contribution in [2.75, 3.05) is 0 Å². The van der Waals surface area contributed by atoms with E-state index in [1.54, 1.807) is 4.57 Å². The zero-order valence-corrected chi connectivity index (χ0v) is 33.4. The topological polar surface area (TPSA) is 48.5 Å². The third-order valence-corrected chi connectivity index (χ3v) is 11.6. The first kappa shape index (κ1) is 38.8. The van der Waals surface area contributed by atoms with Crippen molar-refractivity contribution in [1.82, 2.24) is 24.1 Å². The van der Waals surface area contributed by atoms with E-state index in [-0.39, 0.29) is 27.6 Å². The highest BCUT2D eigenvalue weighted by atomic mass is 19.4. The van der Waals surface area contributed by atoms with Gasteiger partial charge in [-0.2, -0.15) is 26.3 Å². The average Bonchev–Trinajstić information content (AvgIpc) is 3.83. The standard InChI is InChI=1S/C53H31F6N5/c54-52(55,56)36-22-26-46-41(30-36)42-31-37(53(57,58)59)23-27-47(42)64(46)48-25-21-35(34-20-24-45-40(28-34)39-18-10-11-19-44(39)63(45)38-16-8-3-9-17-38)29-43(48)51-61-49(32-12-4-1-5-13-32)60-50(62-51)33-14-6-2-7-15-33/h1-31H. The molecule has 0 atom stereocenters. The van der Waals surface area contributed by atoms with Gasteiger partial charge in [-0.25, -0.2) is 15.0 Å². The maximum Gasteiger partial charge on any atom is 0.416 e. The molecule has 64 heavy (non-hydrogen) atoms. The van der Waals surface area contributed by atoms with Crippen LogP contribution in [0.3, 0.4) is 0 Å². The smallest absolute Gasteiger partial charge is 0.309 e. The summed E-state index contributed by atoms with van der Waals surface area (Å²) in [5, 5.41) is 2.09. The van der Waals surface area contributed by atoms with Crippen LogP contribution >= 0.6 is 0 Å². The Morgan fingerprint density at radius 2 is 0.766 bits per heavy atom. The number of fused-ring (bicyclic) bond motifs is 6. The Balaban J connectivity index is 1.20. The predicted molar refractivity (Wildman–Crippen MR) is 240 cm³/mol. The van der Waals surface area contributed by atoms with E-state index in [1.807, 2.05) is 115 Å². The highest BCUT2D eigenvalue weighted by Gasteiger charge is 2.34. The van der Waals surface area contributed by atoms with Gasteiger partial charge in [0.1, 0.15) is 0 Å². The Morgan fingerprint density at radius 1 is 0.328 bits per heavy atom. The summed E-state index contributed by atoms with van der Waals surface area (Å²) >= 11 is 0. The van der Waals surface area contributed by atoms with E-state index < -0.39 is 23.5 Å². The van der Waals surface area contributed by atoms with Crippen LogP contribution in [0.2, 0.25) is 0 Å². The molecule has 3 aromatic heterocycles. The third-order valence-electron chi connectivity index (χ3n) is 11.6. The van der Waals surface area contributed by atoms with Gasteiger partial charge in [0, 0.05) is 43.9 Å². The molecule has 11 heteroatoms. The van der Waals surface area contributed by atoms with Crippen LogP contribution in [0.1, 0.15) is 11.1 Å². The molecule has 5 nitrogen and oxygen atoms in total. The van der Waals surface area contributed by atoms with Gasteiger partial charge < -0.3 is 9.13 Å². The van der Waals surface area contributed by atoms with Gasteiger partial charge in [-0.05, 0) is 90.0 Å². The summed E-state index contributed by atoms with van der Waals surface area (Å²) in [6.45, 7) is 0. The van der Waals surface area contributed by atoms with Crippen molar-refractivity contribution in [2.24, 2.45) is 0 Å². The normalized spacial score (nSPS) is 12.2. The van der Waals surface area contributed by atoms with Crippen LogP contribution in [0.15, 0.2) is 188 Å². The minimum absolute atomic E-state index is 0.0109. The second-order valence-electron chi connectivity index (χ2n) is 15.5. The monoisotopic (exact) mass is 851 g/mol. The van der Waals surface area contributed by atoms with Crippen LogP contribution in [0.5, 0.6) is 0 Å². The van der Waals surface area contributed by atoms with Gasteiger partial charge in [0.2, 0.25) is 0 Å². The Kier molecular flexibility index (Phi) is 8.98. The van der Waals surface area contributed by atoms with Crippen LogP contribution in [-0.4, -0.2) is 24.1 Å². The fourth-order valence-corrected chi connectivity index (χ4v) is 8.66. The summed E-state index contributed by atoms with van der Waals surface area (Å²) in [5.74, 6) is 1.01. The Labute approximate surface area is 361 Å². The van der Waals surface area contributed by atoms with Crippen LogP contribution in [-0.2, 0) is 12.4 Å². The maximum atomic E-state index is 14.2.